The third kappa shape index (κ3) is 1.71. The highest BCUT2D eigenvalue weighted by molar-refractivity contribution is 6.37. The molecule has 0 aliphatic heterocycles. The third-order valence-electron chi connectivity index (χ3n) is 2.00. The number of anilines is 1. The summed E-state index contributed by atoms with van der Waals surface area (Å²) in [4.78, 5) is 0. The van der Waals surface area contributed by atoms with E-state index in [0.717, 1.165) is 0 Å². The van der Waals surface area contributed by atoms with Gasteiger partial charge < -0.3 is 5.73 Å². The molecule has 0 fully saturated rings. The van der Waals surface area contributed by atoms with E-state index in [1.54, 1.807) is 18.2 Å². The minimum atomic E-state index is 0.216. The molecule has 16 heavy (non-hydrogen) atoms. The first kappa shape index (κ1) is 10.8. The summed E-state index contributed by atoms with van der Waals surface area (Å²) >= 11 is 12.0. The largest absolute Gasteiger partial charge is 0.384 e. The van der Waals surface area contributed by atoms with Gasteiger partial charge in [-0.1, -0.05) is 29.3 Å². The van der Waals surface area contributed by atoms with Crippen LogP contribution in [0.4, 0.5) is 5.82 Å². The monoisotopic (exact) mass is 252 g/mol. The van der Waals surface area contributed by atoms with Crippen molar-refractivity contribution >= 4 is 29.0 Å². The molecule has 0 amide bonds. The molecule has 2 N–H and O–H groups in total. The van der Waals surface area contributed by atoms with Crippen molar-refractivity contribution in [3.63, 3.8) is 0 Å². The number of rotatable bonds is 1. The van der Waals surface area contributed by atoms with E-state index in [2.05, 4.69) is 5.10 Å². The van der Waals surface area contributed by atoms with Crippen LogP contribution in [-0.2, 0) is 0 Å². The molecule has 0 spiro atoms. The van der Waals surface area contributed by atoms with Gasteiger partial charge in [-0.2, -0.15) is 10.4 Å². The summed E-state index contributed by atoms with van der Waals surface area (Å²) in [5, 5.41) is 13.5. The van der Waals surface area contributed by atoms with Gasteiger partial charge in [0.15, 0.2) is 5.69 Å². The Balaban J connectivity index is 2.68. The number of para-hydroxylation sites is 1. The lowest BCUT2D eigenvalue weighted by Gasteiger charge is -2.07. The smallest absolute Gasteiger partial charge is 0.165 e. The number of halogens is 2. The average Bonchev–Trinajstić information content (AvgIpc) is 2.60. The topological polar surface area (TPSA) is 67.6 Å². The molecule has 2 rings (SSSR count). The van der Waals surface area contributed by atoms with Crippen LogP contribution in [0.2, 0.25) is 10.0 Å². The molecule has 0 saturated heterocycles. The Morgan fingerprint density at radius 2 is 1.94 bits per heavy atom. The van der Waals surface area contributed by atoms with E-state index in [0.29, 0.717) is 21.6 Å². The van der Waals surface area contributed by atoms with Crippen molar-refractivity contribution in [3.8, 4) is 11.8 Å². The van der Waals surface area contributed by atoms with E-state index in [1.807, 2.05) is 6.07 Å². The highest BCUT2D eigenvalue weighted by Crippen LogP contribution is 2.29. The zero-order valence-electron chi connectivity index (χ0n) is 7.98. The van der Waals surface area contributed by atoms with Crippen molar-refractivity contribution in [3.05, 3.63) is 40.0 Å². The van der Waals surface area contributed by atoms with Gasteiger partial charge in [-0.25, -0.2) is 4.68 Å². The summed E-state index contributed by atoms with van der Waals surface area (Å²) < 4.78 is 1.35. The molecule has 1 aromatic carbocycles. The summed E-state index contributed by atoms with van der Waals surface area (Å²) in [5.41, 5.74) is 6.41. The van der Waals surface area contributed by atoms with Crippen molar-refractivity contribution in [2.75, 3.05) is 5.73 Å². The summed E-state index contributed by atoms with van der Waals surface area (Å²) in [6, 6.07) is 8.43. The standard InChI is InChI=1S/C10H6Cl2N4/c11-7-2-1-3-8(12)10(7)16-9(14)4-6(5-13)15-16/h1-4H,14H2. The molecule has 0 bridgehead atoms. The van der Waals surface area contributed by atoms with Crippen molar-refractivity contribution in [2.45, 2.75) is 0 Å². The molecule has 1 heterocycles. The summed E-state index contributed by atoms with van der Waals surface area (Å²) in [7, 11) is 0. The van der Waals surface area contributed by atoms with E-state index < -0.39 is 0 Å². The fourth-order valence-electron chi connectivity index (χ4n) is 1.32. The van der Waals surface area contributed by atoms with Crippen LogP contribution in [0.5, 0.6) is 0 Å². The first-order valence-corrected chi connectivity index (χ1v) is 5.09. The van der Waals surface area contributed by atoms with Gasteiger partial charge in [-0.15, -0.1) is 0 Å². The van der Waals surface area contributed by atoms with Gasteiger partial charge in [0.05, 0.1) is 10.0 Å². The second-order valence-electron chi connectivity index (χ2n) is 3.05. The highest BCUT2D eigenvalue weighted by Gasteiger charge is 2.12. The Bertz CT molecular complexity index is 563. The lowest BCUT2D eigenvalue weighted by Crippen LogP contribution is -2.03. The zero-order chi connectivity index (χ0) is 11.7. The van der Waals surface area contributed by atoms with Gasteiger partial charge in [0.1, 0.15) is 17.6 Å². The Labute approximate surface area is 102 Å². The molecule has 0 saturated carbocycles. The Morgan fingerprint density at radius 1 is 1.31 bits per heavy atom. The summed E-state index contributed by atoms with van der Waals surface area (Å²) in [5.74, 6) is 0.312. The van der Waals surface area contributed by atoms with Crippen molar-refractivity contribution in [2.24, 2.45) is 0 Å². The molecule has 6 heteroatoms. The van der Waals surface area contributed by atoms with Crippen LogP contribution in [0.15, 0.2) is 24.3 Å². The van der Waals surface area contributed by atoms with Crippen LogP contribution >= 0.6 is 23.2 Å². The quantitative estimate of drug-likeness (QED) is 0.849. The van der Waals surface area contributed by atoms with Gasteiger partial charge in [0, 0.05) is 6.07 Å². The first-order valence-electron chi connectivity index (χ1n) is 4.33. The number of aromatic nitrogens is 2. The molecule has 80 valence electrons. The maximum Gasteiger partial charge on any atom is 0.165 e. The maximum atomic E-state index is 8.71. The number of benzene rings is 1. The first-order chi connectivity index (χ1) is 7.63. The predicted molar refractivity (Wildman–Crippen MR) is 62.7 cm³/mol. The van der Waals surface area contributed by atoms with Gasteiger partial charge >= 0.3 is 0 Å². The Hall–Kier alpha value is -1.70. The SMILES string of the molecule is N#Cc1cc(N)n(-c2c(Cl)cccc2Cl)n1. The minimum absolute atomic E-state index is 0.216. The number of nitriles is 1. The molecule has 2 aromatic rings. The van der Waals surface area contributed by atoms with E-state index in [4.69, 9.17) is 34.2 Å². The van der Waals surface area contributed by atoms with Crippen molar-refractivity contribution in [1.29, 1.82) is 5.26 Å². The highest BCUT2D eigenvalue weighted by atomic mass is 35.5. The van der Waals surface area contributed by atoms with Crippen LogP contribution in [0, 0.1) is 11.3 Å². The van der Waals surface area contributed by atoms with Gasteiger partial charge in [0.25, 0.3) is 0 Å². The number of nitrogens with zero attached hydrogens (tertiary/aromatic N) is 3. The molecule has 0 unspecified atom stereocenters. The fraction of sp³-hybridized carbons (Fsp3) is 0. The van der Waals surface area contributed by atoms with E-state index in [9.17, 15) is 0 Å². The van der Waals surface area contributed by atoms with E-state index in [-0.39, 0.29) is 5.69 Å². The molecule has 0 radical (unpaired) electrons. The van der Waals surface area contributed by atoms with Crippen LogP contribution in [-0.4, -0.2) is 9.78 Å². The Morgan fingerprint density at radius 3 is 2.44 bits per heavy atom. The second kappa shape index (κ2) is 4.05. The Kier molecular flexibility index (Phi) is 2.73. The van der Waals surface area contributed by atoms with Crippen LogP contribution < -0.4 is 5.73 Å². The second-order valence-corrected chi connectivity index (χ2v) is 3.86. The summed E-state index contributed by atoms with van der Waals surface area (Å²) in [6.07, 6.45) is 0. The average molecular weight is 253 g/mol. The third-order valence-corrected chi connectivity index (χ3v) is 2.61. The van der Waals surface area contributed by atoms with Gasteiger partial charge in [-0.05, 0) is 12.1 Å². The molecular weight excluding hydrogens is 247 g/mol. The lowest BCUT2D eigenvalue weighted by atomic mass is 10.3. The van der Waals surface area contributed by atoms with E-state index >= 15 is 0 Å². The molecule has 0 aliphatic rings. The normalized spacial score (nSPS) is 10.1. The van der Waals surface area contributed by atoms with E-state index in [1.165, 1.54) is 10.7 Å². The molecule has 4 nitrogen and oxygen atoms in total. The van der Waals surface area contributed by atoms with Crippen LogP contribution in [0.3, 0.4) is 0 Å². The zero-order valence-corrected chi connectivity index (χ0v) is 9.50. The molecule has 0 atom stereocenters. The maximum absolute atomic E-state index is 8.71. The number of hydrogen-bond donors (Lipinski definition) is 1. The predicted octanol–water partition coefficient (Wildman–Crippen LogP) is 2.63. The molecule has 1 aromatic heterocycles. The fourth-order valence-corrected chi connectivity index (χ4v) is 1.88. The summed E-state index contributed by atoms with van der Waals surface area (Å²) in [6.45, 7) is 0. The lowest BCUT2D eigenvalue weighted by molar-refractivity contribution is 0.884. The van der Waals surface area contributed by atoms with Gasteiger partial charge in [0.2, 0.25) is 0 Å². The molecular formula is C10H6Cl2N4. The van der Waals surface area contributed by atoms with Crippen molar-refractivity contribution < 1.29 is 0 Å². The molecule has 0 aliphatic carbocycles. The van der Waals surface area contributed by atoms with Gasteiger partial charge in [-0.3, -0.25) is 0 Å². The number of nitrogens with two attached hydrogens (primary N) is 1. The number of nitrogen functional groups attached to an aromatic ring is 1. The van der Waals surface area contributed by atoms with Crippen LogP contribution in [0.25, 0.3) is 5.69 Å². The minimum Gasteiger partial charge on any atom is -0.384 e. The number of hydrogen-bond acceptors (Lipinski definition) is 3. The van der Waals surface area contributed by atoms with Crippen molar-refractivity contribution in [1.82, 2.24) is 9.78 Å². The van der Waals surface area contributed by atoms with Crippen LogP contribution in [0.1, 0.15) is 5.69 Å².